The van der Waals surface area contributed by atoms with Crippen LogP contribution in [-0.2, 0) is 33.1 Å². The van der Waals surface area contributed by atoms with Crippen LogP contribution in [-0.4, -0.2) is 16.8 Å². The number of benzene rings is 4. The monoisotopic (exact) mass is 546 g/mol. The van der Waals surface area contributed by atoms with Gasteiger partial charge in [0.05, 0.1) is 0 Å². The molecular formula is C30H26O6S2. The fraction of sp³-hybridized carbons (Fsp3) is 0.0667. The molecule has 0 amide bonds. The van der Waals surface area contributed by atoms with Gasteiger partial charge in [0.25, 0.3) is 0 Å². The highest BCUT2D eigenvalue weighted by Gasteiger charge is 2.17. The van der Waals surface area contributed by atoms with E-state index in [1.807, 2.05) is 0 Å². The lowest BCUT2D eigenvalue weighted by atomic mass is 9.95. The SMILES string of the molecule is C=C(Cc1ccc(OS(=O)(=O)c2ccccc2)cc1)C(=C)Cc1ccc(OS(=O)(=O)c2ccccc2)cc1. The molecule has 0 unspecified atom stereocenters. The van der Waals surface area contributed by atoms with Crippen LogP contribution in [0.25, 0.3) is 0 Å². The summed E-state index contributed by atoms with van der Waals surface area (Å²) < 4.78 is 60.0. The molecule has 8 heteroatoms. The fourth-order valence-electron chi connectivity index (χ4n) is 3.59. The maximum Gasteiger partial charge on any atom is 0.339 e. The van der Waals surface area contributed by atoms with Gasteiger partial charge in [-0.05, 0) is 83.6 Å². The fourth-order valence-corrected chi connectivity index (χ4v) is 5.49. The van der Waals surface area contributed by atoms with Gasteiger partial charge >= 0.3 is 20.2 Å². The molecular weight excluding hydrogens is 520 g/mol. The van der Waals surface area contributed by atoms with Crippen molar-refractivity contribution in [3.05, 3.63) is 145 Å². The third-order valence-electron chi connectivity index (χ3n) is 5.66. The molecule has 0 spiro atoms. The Labute approximate surface area is 223 Å². The first kappa shape index (κ1) is 26.9. The van der Waals surface area contributed by atoms with Crippen molar-refractivity contribution in [2.75, 3.05) is 0 Å². The minimum Gasteiger partial charge on any atom is -0.379 e. The normalized spacial score (nSPS) is 11.5. The smallest absolute Gasteiger partial charge is 0.339 e. The summed E-state index contributed by atoms with van der Waals surface area (Å²) in [5.41, 5.74) is 3.50. The van der Waals surface area contributed by atoms with Crippen molar-refractivity contribution in [1.29, 1.82) is 0 Å². The number of allylic oxidation sites excluding steroid dienone is 2. The van der Waals surface area contributed by atoms with E-state index in [4.69, 9.17) is 8.37 Å². The van der Waals surface area contributed by atoms with Gasteiger partial charge in [-0.1, -0.05) is 73.8 Å². The van der Waals surface area contributed by atoms with Crippen molar-refractivity contribution in [2.45, 2.75) is 22.6 Å². The number of rotatable bonds is 11. The Morgan fingerprint density at radius 3 is 1.13 bits per heavy atom. The Balaban J connectivity index is 1.32. The molecule has 0 aliphatic rings. The Kier molecular flexibility index (Phi) is 8.14. The highest BCUT2D eigenvalue weighted by Crippen LogP contribution is 2.24. The van der Waals surface area contributed by atoms with E-state index in [-0.39, 0.29) is 21.3 Å². The van der Waals surface area contributed by atoms with Crippen LogP contribution in [0.3, 0.4) is 0 Å². The van der Waals surface area contributed by atoms with E-state index >= 15 is 0 Å². The summed E-state index contributed by atoms with van der Waals surface area (Å²) >= 11 is 0. The first-order valence-electron chi connectivity index (χ1n) is 11.7. The maximum atomic E-state index is 12.4. The van der Waals surface area contributed by atoms with Crippen LogP contribution in [0.5, 0.6) is 11.5 Å². The second kappa shape index (κ2) is 11.5. The van der Waals surface area contributed by atoms with E-state index in [1.165, 1.54) is 24.3 Å². The van der Waals surface area contributed by atoms with Crippen LogP contribution in [0, 0.1) is 0 Å². The maximum absolute atomic E-state index is 12.4. The van der Waals surface area contributed by atoms with Crippen molar-refractivity contribution in [3.8, 4) is 11.5 Å². The van der Waals surface area contributed by atoms with Gasteiger partial charge in [-0.2, -0.15) is 16.8 Å². The van der Waals surface area contributed by atoms with E-state index < -0.39 is 20.2 Å². The first-order valence-corrected chi connectivity index (χ1v) is 14.5. The molecule has 0 heterocycles. The third kappa shape index (κ3) is 7.00. The Morgan fingerprint density at radius 1 is 0.500 bits per heavy atom. The molecule has 0 aromatic heterocycles. The summed E-state index contributed by atoms with van der Waals surface area (Å²) in [5, 5.41) is 0. The molecule has 6 nitrogen and oxygen atoms in total. The molecule has 0 fully saturated rings. The largest absolute Gasteiger partial charge is 0.379 e. The molecule has 194 valence electrons. The molecule has 4 aromatic rings. The molecule has 0 bridgehead atoms. The average Bonchev–Trinajstić information content (AvgIpc) is 2.91. The van der Waals surface area contributed by atoms with Gasteiger partial charge in [-0.15, -0.1) is 0 Å². The Hall–Kier alpha value is -4.14. The lowest BCUT2D eigenvalue weighted by molar-refractivity contribution is 0.484. The number of hydrogen-bond donors (Lipinski definition) is 0. The van der Waals surface area contributed by atoms with Gasteiger partial charge in [0.15, 0.2) is 0 Å². The van der Waals surface area contributed by atoms with Crippen LogP contribution >= 0.6 is 0 Å². The minimum absolute atomic E-state index is 0.0890. The standard InChI is InChI=1S/C30H26O6S2/c1-23(21-25-13-17-27(18-14-25)35-37(31,32)29-9-5-3-6-10-29)24(2)22-26-15-19-28(20-16-26)36-38(33,34)30-11-7-4-8-12-30/h3-20H,1-2,21-22H2. The lowest BCUT2D eigenvalue weighted by Crippen LogP contribution is -2.09. The molecule has 0 radical (unpaired) electrons. The summed E-state index contributed by atoms with van der Waals surface area (Å²) in [4.78, 5) is 0.178. The van der Waals surface area contributed by atoms with Crippen LogP contribution in [0.4, 0.5) is 0 Å². The van der Waals surface area contributed by atoms with Gasteiger partial charge in [0, 0.05) is 0 Å². The van der Waals surface area contributed by atoms with E-state index in [1.54, 1.807) is 84.9 Å². The van der Waals surface area contributed by atoms with Crippen molar-refractivity contribution >= 4 is 20.2 Å². The van der Waals surface area contributed by atoms with Crippen molar-refractivity contribution in [2.24, 2.45) is 0 Å². The van der Waals surface area contributed by atoms with E-state index in [2.05, 4.69) is 13.2 Å². The van der Waals surface area contributed by atoms with E-state index in [9.17, 15) is 16.8 Å². The van der Waals surface area contributed by atoms with E-state index in [0.29, 0.717) is 12.8 Å². The predicted octanol–water partition coefficient (Wildman–Crippen LogP) is 6.12. The van der Waals surface area contributed by atoms with Crippen LogP contribution < -0.4 is 8.37 Å². The second-order valence-corrected chi connectivity index (χ2v) is 11.6. The van der Waals surface area contributed by atoms with Crippen molar-refractivity contribution in [3.63, 3.8) is 0 Å². The van der Waals surface area contributed by atoms with Gasteiger partial charge < -0.3 is 8.37 Å². The molecule has 0 N–H and O–H groups in total. The van der Waals surface area contributed by atoms with Gasteiger partial charge in [0.1, 0.15) is 21.3 Å². The minimum atomic E-state index is -3.90. The topological polar surface area (TPSA) is 86.7 Å². The van der Waals surface area contributed by atoms with Gasteiger partial charge in [-0.3, -0.25) is 0 Å². The molecule has 4 aromatic carbocycles. The summed E-state index contributed by atoms with van der Waals surface area (Å²) in [6.07, 6.45) is 1.06. The average molecular weight is 547 g/mol. The van der Waals surface area contributed by atoms with Crippen molar-refractivity contribution in [1.82, 2.24) is 0 Å². The molecule has 0 aliphatic carbocycles. The molecule has 0 aliphatic heterocycles. The van der Waals surface area contributed by atoms with Crippen LogP contribution in [0.1, 0.15) is 11.1 Å². The highest BCUT2D eigenvalue weighted by molar-refractivity contribution is 7.87. The Morgan fingerprint density at radius 2 is 0.816 bits per heavy atom. The van der Waals surface area contributed by atoms with E-state index in [0.717, 1.165) is 22.3 Å². The molecule has 0 saturated carbocycles. The first-order chi connectivity index (χ1) is 18.1. The molecule has 0 atom stereocenters. The zero-order valence-corrected chi connectivity index (χ0v) is 22.1. The summed E-state index contributed by atoms with van der Waals surface area (Å²) in [5.74, 6) is 0.442. The summed E-state index contributed by atoms with van der Waals surface area (Å²) in [6.45, 7) is 8.27. The zero-order chi connectivity index (χ0) is 27.2. The predicted molar refractivity (Wildman–Crippen MR) is 147 cm³/mol. The number of hydrogen-bond acceptors (Lipinski definition) is 6. The lowest BCUT2D eigenvalue weighted by Gasteiger charge is -2.12. The molecule has 4 rings (SSSR count). The van der Waals surface area contributed by atoms with Gasteiger partial charge in [0.2, 0.25) is 0 Å². The molecule has 0 saturated heterocycles. The van der Waals surface area contributed by atoms with Crippen molar-refractivity contribution < 1.29 is 25.2 Å². The Bertz CT molecular complexity index is 1500. The molecule has 38 heavy (non-hydrogen) atoms. The summed E-state index contributed by atoms with van der Waals surface area (Å²) in [6, 6.07) is 29.5. The van der Waals surface area contributed by atoms with Crippen LogP contribution in [0.2, 0.25) is 0 Å². The second-order valence-electron chi connectivity index (χ2n) is 8.55. The van der Waals surface area contributed by atoms with Gasteiger partial charge in [-0.25, -0.2) is 0 Å². The zero-order valence-electron chi connectivity index (χ0n) is 20.5. The van der Waals surface area contributed by atoms with Crippen LogP contribution in [0.15, 0.2) is 143 Å². The summed E-state index contributed by atoms with van der Waals surface area (Å²) in [7, 11) is -7.80. The quantitative estimate of drug-likeness (QED) is 0.166. The highest BCUT2D eigenvalue weighted by atomic mass is 32.2. The third-order valence-corrected chi connectivity index (χ3v) is 8.18.